The van der Waals surface area contributed by atoms with E-state index >= 15 is 0 Å². The first-order chi connectivity index (χ1) is 7.16. The lowest BCUT2D eigenvalue weighted by molar-refractivity contribution is -0.139. The number of amides is 2. The molecular weight excluding hydrogens is 218 g/mol. The zero-order valence-corrected chi connectivity index (χ0v) is 8.57. The normalized spacial score (nSPS) is 16.2. The van der Waals surface area contributed by atoms with Crippen molar-refractivity contribution in [2.24, 2.45) is 0 Å². The van der Waals surface area contributed by atoms with Gasteiger partial charge in [-0.2, -0.15) is 0 Å². The van der Waals surface area contributed by atoms with Crippen LogP contribution < -0.4 is 0 Å². The summed E-state index contributed by atoms with van der Waals surface area (Å²) in [6.45, 7) is 0.182. The highest BCUT2D eigenvalue weighted by Gasteiger charge is 2.28. The Kier molecular flexibility index (Phi) is 2.64. The van der Waals surface area contributed by atoms with E-state index in [1.807, 2.05) is 0 Å². The third kappa shape index (κ3) is 2.12. The van der Waals surface area contributed by atoms with Crippen LogP contribution in [0.15, 0.2) is 12.4 Å². The minimum Gasteiger partial charge on any atom is -0.276 e. The number of nitrogens with zero attached hydrogens (tertiary/aromatic N) is 3. The second-order valence-corrected chi connectivity index (χ2v) is 3.59. The van der Waals surface area contributed by atoms with Crippen molar-refractivity contribution in [1.82, 2.24) is 14.9 Å². The Morgan fingerprint density at radius 3 is 2.40 bits per heavy atom. The van der Waals surface area contributed by atoms with E-state index in [4.69, 9.17) is 11.6 Å². The molecule has 0 saturated carbocycles. The summed E-state index contributed by atoms with van der Waals surface area (Å²) in [7, 11) is 0. The minimum absolute atomic E-state index is 0.156. The van der Waals surface area contributed by atoms with Gasteiger partial charge in [0, 0.05) is 12.8 Å². The largest absolute Gasteiger partial charge is 0.276 e. The summed E-state index contributed by atoms with van der Waals surface area (Å²) in [4.78, 5) is 31.6. The summed E-state index contributed by atoms with van der Waals surface area (Å²) in [5, 5.41) is 0.290. The second kappa shape index (κ2) is 3.94. The van der Waals surface area contributed by atoms with Crippen LogP contribution in [0.3, 0.4) is 0 Å². The molecule has 0 atom stereocenters. The van der Waals surface area contributed by atoms with E-state index < -0.39 is 0 Å². The van der Waals surface area contributed by atoms with E-state index in [2.05, 4.69) is 9.97 Å². The molecule has 2 amide bonds. The number of imide groups is 1. The molecule has 6 heteroatoms. The fraction of sp³-hybridized carbons (Fsp3) is 0.333. The van der Waals surface area contributed by atoms with Gasteiger partial charge in [-0.05, 0) is 0 Å². The lowest BCUT2D eigenvalue weighted by Gasteiger charge is -2.12. The summed E-state index contributed by atoms with van der Waals surface area (Å²) in [5.74, 6) is -0.312. The van der Waals surface area contributed by atoms with Crippen LogP contribution in [0.4, 0.5) is 0 Å². The molecule has 1 aromatic heterocycles. The summed E-state index contributed by atoms with van der Waals surface area (Å²) in [6.07, 6.45) is 3.43. The Morgan fingerprint density at radius 1 is 1.20 bits per heavy atom. The molecule has 1 aromatic rings. The number of halogens is 1. The average Bonchev–Trinajstić information content (AvgIpc) is 2.53. The van der Waals surface area contributed by atoms with E-state index in [-0.39, 0.29) is 23.5 Å². The fourth-order valence-corrected chi connectivity index (χ4v) is 1.48. The third-order valence-electron chi connectivity index (χ3n) is 2.15. The van der Waals surface area contributed by atoms with Crippen LogP contribution in [-0.2, 0) is 16.1 Å². The molecule has 78 valence electrons. The van der Waals surface area contributed by atoms with Crippen LogP contribution in [-0.4, -0.2) is 26.7 Å². The van der Waals surface area contributed by atoms with Gasteiger partial charge in [-0.25, -0.2) is 4.98 Å². The van der Waals surface area contributed by atoms with Crippen molar-refractivity contribution in [2.45, 2.75) is 19.4 Å². The van der Waals surface area contributed by atoms with Gasteiger partial charge >= 0.3 is 0 Å². The molecule has 15 heavy (non-hydrogen) atoms. The quantitative estimate of drug-likeness (QED) is 0.698. The van der Waals surface area contributed by atoms with Crippen LogP contribution in [0.2, 0.25) is 5.15 Å². The van der Waals surface area contributed by atoms with E-state index in [0.717, 1.165) is 0 Å². The maximum absolute atomic E-state index is 11.3. The van der Waals surface area contributed by atoms with E-state index in [9.17, 15) is 9.59 Å². The second-order valence-electron chi connectivity index (χ2n) is 3.20. The van der Waals surface area contributed by atoms with Crippen LogP contribution in [0.5, 0.6) is 0 Å². The van der Waals surface area contributed by atoms with Gasteiger partial charge in [0.25, 0.3) is 0 Å². The monoisotopic (exact) mass is 225 g/mol. The van der Waals surface area contributed by atoms with Gasteiger partial charge in [0.1, 0.15) is 5.15 Å². The SMILES string of the molecule is O=C1CCC(=O)N1Cc1cnc(Cl)cn1. The maximum atomic E-state index is 11.3. The first-order valence-corrected chi connectivity index (χ1v) is 4.84. The van der Waals surface area contributed by atoms with Crippen LogP contribution in [0, 0.1) is 0 Å². The van der Waals surface area contributed by atoms with Crippen LogP contribution in [0.25, 0.3) is 0 Å². The number of likely N-dealkylation sites (tertiary alicyclic amines) is 1. The zero-order valence-electron chi connectivity index (χ0n) is 7.81. The summed E-state index contributed by atoms with van der Waals surface area (Å²) in [6, 6.07) is 0. The lowest BCUT2D eigenvalue weighted by atomic mass is 10.4. The number of carbonyl (C=O) groups excluding carboxylic acids is 2. The molecule has 2 heterocycles. The van der Waals surface area contributed by atoms with E-state index in [0.29, 0.717) is 18.5 Å². The third-order valence-corrected chi connectivity index (χ3v) is 2.34. The zero-order chi connectivity index (χ0) is 10.8. The van der Waals surface area contributed by atoms with Gasteiger partial charge in [-0.3, -0.25) is 19.5 Å². The van der Waals surface area contributed by atoms with Crippen molar-refractivity contribution in [3.05, 3.63) is 23.2 Å². The van der Waals surface area contributed by atoms with Crippen molar-refractivity contribution in [1.29, 1.82) is 0 Å². The van der Waals surface area contributed by atoms with Crippen molar-refractivity contribution in [3.8, 4) is 0 Å². The highest BCUT2D eigenvalue weighted by Crippen LogP contribution is 2.14. The number of hydrogen-bond donors (Lipinski definition) is 0. The van der Waals surface area contributed by atoms with Gasteiger partial charge < -0.3 is 0 Å². The van der Waals surface area contributed by atoms with Gasteiger partial charge in [-0.1, -0.05) is 11.6 Å². The van der Waals surface area contributed by atoms with Gasteiger partial charge in [0.2, 0.25) is 11.8 Å². The molecule has 0 spiro atoms. The van der Waals surface area contributed by atoms with Crippen molar-refractivity contribution < 1.29 is 9.59 Å². The van der Waals surface area contributed by atoms with Gasteiger partial charge in [0.05, 0.1) is 24.6 Å². The van der Waals surface area contributed by atoms with Crippen molar-refractivity contribution in [3.63, 3.8) is 0 Å². The average molecular weight is 226 g/mol. The number of carbonyl (C=O) groups is 2. The highest BCUT2D eigenvalue weighted by molar-refractivity contribution is 6.29. The molecule has 1 fully saturated rings. The smallest absolute Gasteiger partial charge is 0.230 e. The molecule has 1 aliphatic rings. The number of rotatable bonds is 2. The Hall–Kier alpha value is -1.49. The summed E-state index contributed by atoms with van der Waals surface area (Å²) >= 11 is 5.56. The fourth-order valence-electron chi connectivity index (χ4n) is 1.38. The predicted octanol–water partition coefficient (Wildman–Crippen LogP) is 0.779. The van der Waals surface area contributed by atoms with Crippen LogP contribution >= 0.6 is 11.6 Å². The molecule has 0 radical (unpaired) electrons. The van der Waals surface area contributed by atoms with Gasteiger partial charge in [-0.15, -0.1) is 0 Å². The van der Waals surface area contributed by atoms with Crippen molar-refractivity contribution in [2.75, 3.05) is 0 Å². The Balaban J connectivity index is 2.11. The Bertz CT molecular complexity index is 388. The minimum atomic E-state index is -0.156. The summed E-state index contributed by atoms with van der Waals surface area (Å²) < 4.78 is 0. The molecule has 1 saturated heterocycles. The maximum Gasteiger partial charge on any atom is 0.230 e. The van der Waals surface area contributed by atoms with Crippen molar-refractivity contribution >= 4 is 23.4 Å². The van der Waals surface area contributed by atoms with Crippen LogP contribution in [0.1, 0.15) is 18.5 Å². The molecule has 1 aliphatic heterocycles. The summed E-state index contributed by atoms with van der Waals surface area (Å²) in [5.41, 5.74) is 0.558. The number of hydrogen-bond acceptors (Lipinski definition) is 4. The van der Waals surface area contributed by atoms with E-state index in [1.54, 1.807) is 0 Å². The first kappa shape index (κ1) is 10.0. The molecule has 0 unspecified atom stereocenters. The molecule has 5 nitrogen and oxygen atoms in total. The predicted molar refractivity (Wildman–Crippen MR) is 51.8 cm³/mol. The van der Waals surface area contributed by atoms with E-state index in [1.165, 1.54) is 17.3 Å². The molecule has 0 N–H and O–H groups in total. The van der Waals surface area contributed by atoms with Gasteiger partial charge in [0.15, 0.2) is 0 Å². The molecular formula is C9H8ClN3O2. The standard InChI is InChI=1S/C9H8ClN3O2/c10-7-4-11-6(3-12-7)5-13-8(14)1-2-9(13)15/h3-4H,1-2,5H2. The Morgan fingerprint density at radius 2 is 1.87 bits per heavy atom. The Labute approximate surface area is 91.1 Å². The molecule has 2 rings (SSSR count). The molecule has 0 bridgehead atoms. The number of aromatic nitrogens is 2. The highest BCUT2D eigenvalue weighted by atomic mass is 35.5. The molecule has 0 aromatic carbocycles. The lowest BCUT2D eigenvalue weighted by Crippen LogP contribution is -2.28. The topological polar surface area (TPSA) is 63.2 Å². The molecule has 0 aliphatic carbocycles. The first-order valence-electron chi connectivity index (χ1n) is 4.46.